The fraction of sp³-hybridized carbons (Fsp3) is 0.429. The summed E-state index contributed by atoms with van der Waals surface area (Å²) in [6.07, 6.45) is 5.19. The van der Waals surface area contributed by atoms with Crippen molar-refractivity contribution in [3.8, 4) is 11.5 Å². The van der Waals surface area contributed by atoms with Gasteiger partial charge in [0.25, 0.3) is 5.91 Å². The first kappa shape index (κ1) is 25.7. The van der Waals surface area contributed by atoms with Crippen LogP contribution in [0.25, 0.3) is 0 Å². The van der Waals surface area contributed by atoms with Crippen LogP contribution >= 0.6 is 0 Å². The lowest BCUT2D eigenvalue weighted by Crippen LogP contribution is -2.55. The van der Waals surface area contributed by atoms with Crippen LogP contribution in [0.3, 0.4) is 0 Å². The average Bonchev–Trinajstić information content (AvgIpc) is 3.31. The first-order chi connectivity index (χ1) is 17.6. The zero-order valence-electron chi connectivity index (χ0n) is 20.8. The predicted molar refractivity (Wildman–Crippen MR) is 138 cm³/mol. The Balaban J connectivity index is 1.68. The number of aliphatic hydroxyl groups is 1. The third-order valence-electron chi connectivity index (χ3n) is 6.50. The highest BCUT2D eigenvalue weighted by Crippen LogP contribution is 2.43. The quantitative estimate of drug-likeness (QED) is 0.365. The minimum atomic E-state index is -1.23. The van der Waals surface area contributed by atoms with Crippen LogP contribution in [0, 0.1) is 0 Å². The number of hydrogen-bond donors (Lipinski definition) is 2. The van der Waals surface area contributed by atoms with Gasteiger partial charge in [-0.3, -0.25) is 10.2 Å². The second-order valence-electron chi connectivity index (χ2n) is 9.05. The summed E-state index contributed by atoms with van der Waals surface area (Å²) in [6.45, 7) is 6.07. The number of nitrogens with zero attached hydrogens (tertiary/aromatic N) is 2. The highest BCUT2D eigenvalue weighted by molar-refractivity contribution is 6.01. The van der Waals surface area contributed by atoms with E-state index in [0.29, 0.717) is 36.8 Å². The van der Waals surface area contributed by atoms with Crippen LogP contribution in [0.15, 0.2) is 66.2 Å². The monoisotopic (exact) mass is 493 g/mol. The molecule has 2 aromatic carbocycles. The highest BCUT2D eigenvalue weighted by Gasteiger charge is 2.53. The first-order valence-electron chi connectivity index (χ1n) is 12.5. The normalized spacial score (nSPS) is 21.8. The van der Waals surface area contributed by atoms with Crippen molar-refractivity contribution in [3.63, 3.8) is 0 Å². The Morgan fingerprint density at radius 3 is 2.69 bits per heavy atom. The summed E-state index contributed by atoms with van der Waals surface area (Å²) in [4.78, 5) is 18.8. The number of benzene rings is 2. The number of piperidine rings is 1. The number of ether oxygens (including phenoxy) is 3. The van der Waals surface area contributed by atoms with Crippen LogP contribution < -0.4 is 14.9 Å². The van der Waals surface area contributed by atoms with E-state index in [4.69, 9.17) is 24.3 Å². The second kappa shape index (κ2) is 12.1. The van der Waals surface area contributed by atoms with Crippen LogP contribution in [0.1, 0.15) is 49.3 Å². The van der Waals surface area contributed by atoms with Crippen LogP contribution in [0.2, 0.25) is 0 Å². The lowest BCUT2D eigenvalue weighted by molar-refractivity contribution is -0.134. The van der Waals surface area contributed by atoms with Gasteiger partial charge in [-0.2, -0.15) is 0 Å². The molecule has 192 valence electrons. The molecule has 4 rings (SSSR count). The number of carbonyl (C=O) groups excluding carboxylic acids is 1. The van der Waals surface area contributed by atoms with Gasteiger partial charge in [-0.15, -0.1) is 6.58 Å². The topological polar surface area (TPSA) is 92.6 Å². The zero-order valence-corrected chi connectivity index (χ0v) is 20.8. The number of rotatable bonds is 11. The summed E-state index contributed by atoms with van der Waals surface area (Å²) in [5, 5.41) is 10.9. The molecule has 0 saturated carbocycles. The van der Waals surface area contributed by atoms with Gasteiger partial charge in [-0.05, 0) is 54.8 Å². The number of aliphatic imine (C=N–C) groups is 1. The van der Waals surface area contributed by atoms with E-state index in [1.807, 2.05) is 53.5 Å². The predicted octanol–water partition coefficient (Wildman–Crippen LogP) is 3.81. The van der Waals surface area contributed by atoms with E-state index in [1.54, 1.807) is 13.2 Å². The Bertz CT molecular complexity index is 1070. The Kier molecular flexibility index (Phi) is 8.61. The molecular weight excluding hydrogens is 458 g/mol. The molecule has 0 aliphatic carbocycles. The number of hydrazine groups is 1. The molecule has 8 heteroatoms. The number of hydrogen-bond acceptors (Lipinski definition) is 7. The lowest BCUT2D eigenvalue weighted by Gasteiger charge is -2.34. The summed E-state index contributed by atoms with van der Waals surface area (Å²) >= 11 is 0. The van der Waals surface area contributed by atoms with Gasteiger partial charge < -0.3 is 19.3 Å². The molecular formula is C28H35N3O5. The molecule has 8 nitrogen and oxygen atoms in total. The first-order valence-corrected chi connectivity index (χ1v) is 12.5. The fourth-order valence-electron chi connectivity index (χ4n) is 4.59. The van der Waals surface area contributed by atoms with E-state index in [2.05, 4.69) is 12.0 Å². The van der Waals surface area contributed by atoms with E-state index < -0.39 is 11.6 Å². The molecule has 1 saturated heterocycles. The van der Waals surface area contributed by atoms with Gasteiger partial charge in [0.15, 0.2) is 11.6 Å². The van der Waals surface area contributed by atoms with Crippen LogP contribution in [0.5, 0.6) is 11.5 Å². The van der Waals surface area contributed by atoms with Crippen molar-refractivity contribution in [1.29, 1.82) is 0 Å². The van der Waals surface area contributed by atoms with Crippen LogP contribution in [-0.4, -0.2) is 60.9 Å². The van der Waals surface area contributed by atoms with Gasteiger partial charge in [0.1, 0.15) is 11.5 Å². The third-order valence-corrected chi connectivity index (χ3v) is 6.50. The SMILES string of the molecule is C=CC[C@]1(C(=O)NN2CCCCC2)N=C(c2ccc(OCCCO)cc2)O[C@H]1c1cccc(OC)c1. The summed E-state index contributed by atoms with van der Waals surface area (Å²) in [6, 6.07) is 14.9. The Labute approximate surface area is 212 Å². The van der Waals surface area contributed by atoms with Crippen molar-refractivity contribution < 1.29 is 24.1 Å². The fourth-order valence-corrected chi connectivity index (χ4v) is 4.59. The number of amides is 1. The van der Waals surface area contributed by atoms with E-state index in [0.717, 1.165) is 37.1 Å². The molecule has 0 bridgehead atoms. The van der Waals surface area contributed by atoms with Gasteiger partial charge in [-0.25, -0.2) is 10.0 Å². The van der Waals surface area contributed by atoms with Crippen molar-refractivity contribution in [1.82, 2.24) is 10.4 Å². The maximum Gasteiger partial charge on any atom is 0.266 e. The molecule has 0 spiro atoms. The van der Waals surface area contributed by atoms with Crippen molar-refractivity contribution >= 4 is 11.8 Å². The Morgan fingerprint density at radius 1 is 1.22 bits per heavy atom. The zero-order chi connectivity index (χ0) is 25.4. The van der Waals surface area contributed by atoms with E-state index in [-0.39, 0.29) is 12.5 Å². The average molecular weight is 494 g/mol. The molecule has 1 fully saturated rings. The maximum absolute atomic E-state index is 13.9. The number of methoxy groups -OCH3 is 1. The maximum atomic E-state index is 13.9. The van der Waals surface area contributed by atoms with Gasteiger partial charge in [0, 0.05) is 38.1 Å². The molecule has 2 heterocycles. The minimum Gasteiger partial charge on any atom is -0.497 e. The number of aliphatic hydroxyl groups excluding tert-OH is 1. The van der Waals surface area contributed by atoms with Gasteiger partial charge in [0.2, 0.25) is 5.90 Å². The molecule has 0 unspecified atom stereocenters. The molecule has 2 aromatic rings. The summed E-state index contributed by atoms with van der Waals surface area (Å²) < 4.78 is 17.5. The lowest BCUT2D eigenvalue weighted by atomic mass is 9.84. The molecule has 2 aliphatic heterocycles. The number of carbonyl (C=O) groups is 1. The minimum absolute atomic E-state index is 0.0826. The van der Waals surface area contributed by atoms with E-state index >= 15 is 0 Å². The third kappa shape index (κ3) is 5.71. The molecule has 2 aliphatic rings. The largest absolute Gasteiger partial charge is 0.497 e. The molecule has 2 atom stereocenters. The smallest absolute Gasteiger partial charge is 0.266 e. The molecule has 36 heavy (non-hydrogen) atoms. The Hall–Kier alpha value is -3.36. The Morgan fingerprint density at radius 2 is 2.00 bits per heavy atom. The standard InChI is InChI=1S/C28H35N3O5/c1-3-15-28(27(33)30-31-16-5-4-6-17-31)25(22-9-7-10-24(20-22)34-2)36-26(29-28)21-11-13-23(14-12-21)35-19-8-18-32/h3,7,9-14,20,25,32H,1,4-6,8,15-19H2,2H3,(H,30,33)/t25-,28-/m0/s1. The van der Waals surface area contributed by atoms with E-state index in [9.17, 15) is 4.79 Å². The van der Waals surface area contributed by atoms with E-state index in [1.165, 1.54) is 6.42 Å². The van der Waals surface area contributed by atoms with Crippen molar-refractivity contribution in [2.45, 2.75) is 43.7 Å². The van der Waals surface area contributed by atoms with Crippen molar-refractivity contribution in [3.05, 3.63) is 72.3 Å². The van der Waals surface area contributed by atoms with Crippen molar-refractivity contribution in [2.24, 2.45) is 4.99 Å². The molecule has 2 N–H and O–H groups in total. The molecule has 0 radical (unpaired) electrons. The summed E-state index contributed by atoms with van der Waals surface area (Å²) in [5.41, 5.74) is 3.43. The van der Waals surface area contributed by atoms with Crippen LogP contribution in [0.4, 0.5) is 0 Å². The summed E-state index contributed by atoms with van der Waals surface area (Å²) in [5.74, 6) is 1.55. The second-order valence-corrected chi connectivity index (χ2v) is 9.05. The highest BCUT2D eigenvalue weighted by atomic mass is 16.5. The van der Waals surface area contributed by atoms with Gasteiger partial charge >= 0.3 is 0 Å². The summed E-state index contributed by atoms with van der Waals surface area (Å²) in [7, 11) is 1.61. The van der Waals surface area contributed by atoms with Gasteiger partial charge in [0.05, 0.1) is 13.7 Å². The van der Waals surface area contributed by atoms with Crippen LogP contribution in [-0.2, 0) is 9.53 Å². The number of nitrogens with one attached hydrogen (secondary N) is 1. The molecule has 0 aromatic heterocycles. The van der Waals surface area contributed by atoms with Crippen molar-refractivity contribution in [2.75, 3.05) is 33.4 Å². The van der Waals surface area contributed by atoms with Gasteiger partial charge in [-0.1, -0.05) is 24.6 Å². The molecule has 1 amide bonds.